The Hall–Kier alpha value is -3.70. The molecule has 3 heterocycles. The first-order valence-electron chi connectivity index (χ1n) is 9.88. The van der Waals surface area contributed by atoms with Crippen molar-refractivity contribution in [3.8, 4) is 5.75 Å². The van der Waals surface area contributed by atoms with Crippen LogP contribution in [0, 0.1) is 0 Å². The Morgan fingerprint density at radius 2 is 1.84 bits per heavy atom. The highest BCUT2D eigenvalue weighted by molar-refractivity contribution is 6.36. The molecular formula is C25H18ClN3O2. The van der Waals surface area contributed by atoms with E-state index in [-0.39, 0.29) is 12.3 Å². The first-order valence-corrected chi connectivity index (χ1v) is 10.3. The zero-order chi connectivity index (χ0) is 21.2. The summed E-state index contributed by atoms with van der Waals surface area (Å²) in [7, 11) is 0. The van der Waals surface area contributed by atoms with Gasteiger partial charge in [0.05, 0.1) is 34.0 Å². The van der Waals surface area contributed by atoms with E-state index in [0.717, 1.165) is 33.4 Å². The minimum Gasteiger partial charge on any atom is -0.487 e. The maximum atomic E-state index is 12.5. The molecule has 1 N–H and O–H groups in total. The first-order chi connectivity index (χ1) is 15.2. The van der Waals surface area contributed by atoms with Crippen LogP contribution in [-0.4, -0.2) is 22.3 Å². The second-order valence-corrected chi connectivity index (χ2v) is 7.60. The molecule has 0 spiro atoms. The number of Topliss-reactive ketones (excluding diaryl/α,β-unsaturated/α-hetero) is 1. The third-order valence-corrected chi connectivity index (χ3v) is 5.49. The van der Waals surface area contributed by atoms with Gasteiger partial charge in [0.25, 0.3) is 0 Å². The van der Waals surface area contributed by atoms with E-state index in [9.17, 15) is 4.79 Å². The van der Waals surface area contributed by atoms with E-state index in [1.165, 1.54) is 0 Å². The number of nitrogens with zero attached hydrogens (tertiary/aromatic N) is 2. The van der Waals surface area contributed by atoms with Gasteiger partial charge < -0.3 is 10.1 Å². The van der Waals surface area contributed by atoms with Gasteiger partial charge in [-0.1, -0.05) is 35.9 Å². The van der Waals surface area contributed by atoms with E-state index >= 15 is 0 Å². The van der Waals surface area contributed by atoms with Gasteiger partial charge in [-0.25, -0.2) is 4.98 Å². The molecule has 0 radical (unpaired) electrons. The molecule has 0 amide bonds. The summed E-state index contributed by atoms with van der Waals surface area (Å²) in [6, 6.07) is 21.1. The Balaban J connectivity index is 1.39. The number of para-hydroxylation sites is 1. The average Bonchev–Trinajstić information content (AvgIpc) is 3.19. The standard InChI is InChI=1S/C25H18ClN3O2/c26-21-13-19(31-15-18-6-5-16-3-1-2-4-22(16)29-18)7-8-20(21)25-24(23(30)14-28-25)17-9-11-27-12-10-17/h1-13,28H,14-15H2. The molecule has 2 aromatic carbocycles. The van der Waals surface area contributed by atoms with Gasteiger partial charge in [-0.2, -0.15) is 0 Å². The molecule has 0 saturated carbocycles. The molecule has 0 atom stereocenters. The lowest BCUT2D eigenvalue weighted by Gasteiger charge is -2.12. The number of carbonyl (C=O) groups excluding carboxylic acids is 1. The van der Waals surface area contributed by atoms with Gasteiger partial charge in [-0.3, -0.25) is 9.78 Å². The quantitative estimate of drug-likeness (QED) is 0.490. The van der Waals surface area contributed by atoms with Gasteiger partial charge in [-0.05, 0) is 48.0 Å². The summed E-state index contributed by atoms with van der Waals surface area (Å²) in [6.07, 6.45) is 3.34. The van der Waals surface area contributed by atoms with Crippen LogP contribution in [0.1, 0.15) is 16.8 Å². The van der Waals surface area contributed by atoms with Crippen LogP contribution in [0.5, 0.6) is 5.75 Å². The molecule has 0 aliphatic carbocycles. The maximum absolute atomic E-state index is 12.5. The first kappa shape index (κ1) is 19.3. The number of hydrogen-bond acceptors (Lipinski definition) is 5. The van der Waals surface area contributed by atoms with Crippen LogP contribution >= 0.6 is 11.6 Å². The van der Waals surface area contributed by atoms with Gasteiger partial charge >= 0.3 is 0 Å². The Bertz CT molecular complexity index is 1320. The minimum absolute atomic E-state index is 0.0278. The number of hydrogen-bond donors (Lipinski definition) is 1. The van der Waals surface area contributed by atoms with Crippen molar-refractivity contribution in [2.75, 3.05) is 6.54 Å². The molecule has 2 aromatic heterocycles. The molecule has 1 aliphatic rings. The number of carbonyl (C=O) groups is 1. The number of rotatable bonds is 5. The van der Waals surface area contributed by atoms with Crippen molar-refractivity contribution in [2.24, 2.45) is 0 Å². The summed E-state index contributed by atoms with van der Waals surface area (Å²) in [5, 5.41) is 4.78. The summed E-state index contributed by atoms with van der Waals surface area (Å²) in [5.41, 5.74) is 4.70. The van der Waals surface area contributed by atoms with E-state index in [0.29, 0.717) is 23.0 Å². The molecular weight excluding hydrogens is 410 g/mol. The zero-order valence-electron chi connectivity index (χ0n) is 16.5. The zero-order valence-corrected chi connectivity index (χ0v) is 17.3. The predicted molar refractivity (Wildman–Crippen MR) is 122 cm³/mol. The van der Waals surface area contributed by atoms with Gasteiger partial charge in [0.1, 0.15) is 12.4 Å². The molecule has 1 aliphatic heterocycles. The summed E-state index contributed by atoms with van der Waals surface area (Å²) in [4.78, 5) is 21.1. The van der Waals surface area contributed by atoms with Crippen LogP contribution in [-0.2, 0) is 11.4 Å². The van der Waals surface area contributed by atoms with E-state index < -0.39 is 0 Å². The van der Waals surface area contributed by atoms with Gasteiger partial charge in [-0.15, -0.1) is 0 Å². The molecule has 0 fully saturated rings. The third kappa shape index (κ3) is 3.88. The van der Waals surface area contributed by atoms with E-state index in [4.69, 9.17) is 16.3 Å². The molecule has 5 nitrogen and oxygen atoms in total. The van der Waals surface area contributed by atoms with E-state index in [1.54, 1.807) is 18.5 Å². The topological polar surface area (TPSA) is 64.1 Å². The number of ether oxygens (including phenoxy) is 1. The van der Waals surface area contributed by atoms with Crippen molar-refractivity contribution in [3.63, 3.8) is 0 Å². The number of fused-ring (bicyclic) bond motifs is 1. The normalized spacial score (nSPS) is 13.5. The van der Waals surface area contributed by atoms with Crippen LogP contribution in [0.3, 0.4) is 0 Å². The van der Waals surface area contributed by atoms with E-state index in [2.05, 4.69) is 15.3 Å². The Morgan fingerprint density at radius 3 is 2.68 bits per heavy atom. The smallest absolute Gasteiger partial charge is 0.184 e. The summed E-state index contributed by atoms with van der Waals surface area (Å²) in [6.45, 7) is 0.581. The number of aromatic nitrogens is 2. The monoisotopic (exact) mass is 427 g/mol. The lowest BCUT2D eigenvalue weighted by molar-refractivity contribution is -0.112. The molecule has 152 valence electrons. The molecule has 6 heteroatoms. The third-order valence-electron chi connectivity index (χ3n) is 5.18. The molecule has 0 bridgehead atoms. The Kier molecular flexibility index (Phi) is 5.10. The molecule has 5 rings (SSSR count). The van der Waals surface area contributed by atoms with Crippen molar-refractivity contribution in [1.29, 1.82) is 0 Å². The fraction of sp³-hybridized carbons (Fsp3) is 0.0800. The number of halogens is 1. The Labute approximate surface area is 184 Å². The number of nitrogens with one attached hydrogen (secondary N) is 1. The number of pyridine rings is 2. The highest BCUT2D eigenvalue weighted by Gasteiger charge is 2.26. The molecule has 0 unspecified atom stereocenters. The fourth-order valence-electron chi connectivity index (χ4n) is 3.67. The second kappa shape index (κ2) is 8.20. The van der Waals surface area contributed by atoms with Crippen molar-refractivity contribution in [1.82, 2.24) is 15.3 Å². The number of ketones is 1. The molecule has 31 heavy (non-hydrogen) atoms. The van der Waals surface area contributed by atoms with Crippen LogP contribution in [0.4, 0.5) is 0 Å². The van der Waals surface area contributed by atoms with Crippen LogP contribution < -0.4 is 10.1 Å². The van der Waals surface area contributed by atoms with Gasteiger partial charge in [0.15, 0.2) is 5.78 Å². The highest BCUT2D eigenvalue weighted by Crippen LogP contribution is 2.34. The molecule has 0 saturated heterocycles. The van der Waals surface area contributed by atoms with Gasteiger partial charge in [0.2, 0.25) is 0 Å². The lowest BCUT2D eigenvalue weighted by atomic mass is 10.00. The van der Waals surface area contributed by atoms with Crippen LogP contribution in [0.25, 0.3) is 22.2 Å². The number of benzene rings is 2. The summed E-state index contributed by atoms with van der Waals surface area (Å²) in [5.74, 6) is 0.666. The van der Waals surface area contributed by atoms with Crippen LogP contribution in [0.2, 0.25) is 5.02 Å². The fourth-order valence-corrected chi connectivity index (χ4v) is 3.94. The van der Waals surface area contributed by atoms with Gasteiger partial charge in [0, 0.05) is 23.3 Å². The predicted octanol–water partition coefficient (Wildman–Crippen LogP) is 4.90. The SMILES string of the molecule is O=C1CNC(c2ccc(OCc3ccc4ccccc4n3)cc2Cl)=C1c1ccncc1. The van der Waals surface area contributed by atoms with Crippen molar-refractivity contribution < 1.29 is 9.53 Å². The van der Waals surface area contributed by atoms with Crippen molar-refractivity contribution in [3.05, 3.63) is 101 Å². The summed E-state index contributed by atoms with van der Waals surface area (Å²) >= 11 is 6.58. The highest BCUT2D eigenvalue weighted by atomic mass is 35.5. The van der Waals surface area contributed by atoms with E-state index in [1.807, 2.05) is 60.7 Å². The van der Waals surface area contributed by atoms with Crippen molar-refractivity contribution >= 4 is 39.6 Å². The molecule has 4 aromatic rings. The average molecular weight is 428 g/mol. The maximum Gasteiger partial charge on any atom is 0.184 e. The second-order valence-electron chi connectivity index (χ2n) is 7.19. The summed E-state index contributed by atoms with van der Waals surface area (Å²) < 4.78 is 5.91. The Morgan fingerprint density at radius 1 is 1.00 bits per heavy atom. The van der Waals surface area contributed by atoms with Crippen LogP contribution in [0.15, 0.2) is 79.1 Å². The largest absolute Gasteiger partial charge is 0.487 e. The lowest BCUT2D eigenvalue weighted by Crippen LogP contribution is -2.11. The minimum atomic E-state index is 0.0278. The van der Waals surface area contributed by atoms with Crippen molar-refractivity contribution in [2.45, 2.75) is 6.61 Å².